The summed E-state index contributed by atoms with van der Waals surface area (Å²) in [7, 11) is -3.70. The average Bonchev–Trinajstić information content (AvgIpc) is 3.02. The summed E-state index contributed by atoms with van der Waals surface area (Å²) in [6.45, 7) is 3.89. The molecule has 2 atom stereocenters. The highest BCUT2D eigenvalue weighted by Crippen LogP contribution is 2.52. The maximum Gasteiger partial charge on any atom is 0.241 e. The largest absolute Gasteiger partial charge is 0.241 e. The van der Waals surface area contributed by atoms with Gasteiger partial charge < -0.3 is 0 Å². The molecule has 0 spiro atoms. The van der Waals surface area contributed by atoms with Gasteiger partial charge in [0, 0.05) is 11.4 Å². The summed E-state index contributed by atoms with van der Waals surface area (Å²) in [5, 5.41) is 2.67. The standard InChI is InChI=1S/C24H21N3O2S2/c1-15-14-16(2)26-24(25-15)30-23-20-13-7-9-17-8-6-12-19(21(17)20)22(23)27-31(28,29)18-10-4-3-5-11-18/h3-14,22-23,27H,1-2H3/t22-,23-/m1/s1. The van der Waals surface area contributed by atoms with Crippen LogP contribution in [0.25, 0.3) is 10.8 Å². The zero-order valence-electron chi connectivity index (χ0n) is 17.1. The highest BCUT2D eigenvalue weighted by atomic mass is 32.2. The summed E-state index contributed by atoms with van der Waals surface area (Å²) >= 11 is 1.50. The summed E-state index contributed by atoms with van der Waals surface area (Å²) in [5.41, 5.74) is 3.87. The number of hydrogen-bond donors (Lipinski definition) is 1. The molecule has 0 aliphatic heterocycles. The Morgan fingerprint density at radius 3 is 2.16 bits per heavy atom. The summed E-state index contributed by atoms with van der Waals surface area (Å²) < 4.78 is 29.4. The van der Waals surface area contributed by atoms with Crippen LogP contribution >= 0.6 is 11.8 Å². The van der Waals surface area contributed by atoms with Gasteiger partial charge in [-0.05, 0) is 53.9 Å². The molecule has 0 fully saturated rings. The van der Waals surface area contributed by atoms with Crippen molar-refractivity contribution in [3.63, 3.8) is 0 Å². The molecule has 1 N–H and O–H groups in total. The van der Waals surface area contributed by atoms with Crippen molar-refractivity contribution in [1.29, 1.82) is 0 Å². The molecule has 1 heterocycles. The summed E-state index contributed by atoms with van der Waals surface area (Å²) in [5.74, 6) is 0. The fourth-order valence-electron chi connectivity index (χ4n) is 4.19. The lowest BCUT2D eigenvalue weighted by molar-refractivity contribution is 0.557. The number of aromatic nitrogens is 2. The van der Waals surface area contributed by atoms with Gasteiger partial charge in [-0.25, -0.2) is 23.1 Å². The molecule has 0 radical (unpaired) electrons. The van der Waals surface area contributed by atoms with Crippen LogP contribution in [0.4, 0.5) is 0 Å². The minimum atomic E-state index is -3.70. The topological polar surface area (TPSA) is 72.0 Å². The number of rotatable bonds is 5. The van der Waals surface area contributed by atoms with E-state index < -0.39 is 16.1 Å². The van der Waals surface area contributed by atoms with Crippen LogP contribution in [0, 0.1) is 13.8 Å². The van der Waals surface area contributed by atoms with Crippen molar-refractivity contribution in [2.75, 3.05) is 0 Å². The molecule has 1 aromatic heterocycles. The van der Waals surface area contributed by atoms with Crippen molar-refractivity contribution in [1.82, 2.24) is 14.7 Å². The second-order valence-corrected chi connectivity index (χ2v) is 10.5. The van der Waals surface area contributed by atoms with Crippen LogP contribution in [0.5, 0.6) is 0 Å². The number of nitrogens with zero attached hydrogens (tertiary/aromatic N) is 2. The summed E-state index contributed by atoms with van der Waals surface area (Å²) in [6.07, 6.45) is 0. The second kappa shape index (κ2) is 7.75. The van der Waals surface area contributed by atoms with E-state index in [9.17, 15) is 8.42 Å². The molecule has 0 saturated carbocycles. The number of benzene rings is 3. The van der Waals surface area contributed by atoms with Crippen LogP contribution in [0.3, 0.4) is 0 Å². The number of hydrogen-bond acceptors (Lipinski definition) is 5. The van der Waals surface area contributed by atoms with Crippen LogP contribution in [0.2, 0.25) is 0 Å². The lowest BCUT2D eigenvalue weighted by atomic mass is 10.1. The Morgan fingerprint density at radius 1 is 0.839 bits per heavy atom. The van der Waals surface area contributed by atoms with E-state index in [1.165, 1.54) is 11.8 Å². The van der Waals surface area contributed by atoms with Gasteiger partial charge in [-0.3, -0.25) is 0 Å². The van der Waals surface area contributed by atoms with Crippen molar-refractivity contribution < 1.29 is 8.42 Å². The quantitative estimate of drug-likeness (QED) is 0.430. The first kappa shape index (κ1) is 20.2. The molecule has 1 aliphatic carbocycles. The molecule has 1 aliphatic rings. The molecule has 0 amide bonds. The molecule has 31 heavy (non-hydrogen) atoms. The van der Waals surface area contributed by atoms with Crippen LogP contribution in [0.15, 0.2) is 82.8 Å². The van der Waals surface area contributed by atoms with E-state index in [0.29, 0.717) is 5.16 Å². The smallest absolute Gasteiger partial charge is 0.228 e. The van der Waals surface area contributed by atoms with Crippen molar-refractivity contribution in [3.8, 4) is 0 Å². The van der Waals surface area contributed by atoms with Gasteiger partial charge in [0.05, 0.1) is 16.2 Å². The minimum absolute atomic E-state index is 0.180. The minimum Gasteiger partial charge on any atom is -0.228 e. The first-order valence-corrected chi connectivity index (χ1v) is 12.4. The van der Waals surface area contributed by atoms with Crippen LogP contribution in [-0.4, -0.2) is 18.4 Å². The van der Waals surface area contributed by atoms with Gasteiger partial charge in [-0.2, -0.15) is 0 Å². The number of nitrogens with one attached hydrogen (secondary N) is 1. The van der Waals surface area contributed by atoms with Gasteiger partial charge >= 0.3 is 0 Å². The second-order valence-electron chi connectivity index (χ2n) is 7.68. The fourth-order valence-corrected chi connectivity index (χ4v) is 6.82. The van der Waals surface area contributed by atoms with Gasteiger partial charge in [-0.15, -0.1) is 0 Å². The molecular formula is C24H21N3O2S2. The van der Waals surface area contributed by atoms with Crippen LogP contribution in [0.1, 0.15) is 33.8 Å². The summed E-state index contributed by atoms with van der Waals surface area (Å²) in [6, 6.07) is 22.2. The average molecular weight is 448 g/mol. The van der Waals surface area contributed by atoms with E-state index in [4.69, 9.17) is 0 Å². The normalized spacial score (nSPS) is 17.9. The monoisotopic (exact) mass is 447 g/mol. The van der Waals surface area contributed by atoms with Gasteiger partial charge in [-0.1, -0.05) is 66.4 Å². The van der Waals surface area contributed by atoms with Gasteiger partial charge in [0.25, 0.3) is 0 Å². The fraction of sp³-hybridized carbons (Fsp3) is 0.167. The lowest BCUT2D eigenvalue weighted by Gasteiger charge is -2.22. The molecule has 7 heteroatoms. The van der Waals surface area contributed by atoms with E-state index in [-0.39, 0.29) is 10.1 Å². The summed E-state index contributed by atoms with van der Waals surface area (Å²) in [4.78, 5) is 9.43. The molecule has 5 rings (SSSR count). The van der Waals surface area contributed by atoms with E-state index in [0.717, 1.165) is 33.3 Å². The third-order valence-corrected chi connectivity index (χ3v) is 8.07. The van der Waals surface area contributed by atoms with Gasteiger partial charge in [0.1, 0.15) is 0 Å². The zero-order chi connectivity index (χ0) is 21.6. The van der Waals surface area contributed by atoms with Crippen molar-refractivity contribution in [2.45, 2.75) is 35.2 Å². The maximum atomic E-state index is 13.2. The predicted octanol–water partition coefficient (Wildman–Crippen LogP) is 5.11. The predicted molar refractivity (Wildman–Crippen MR) is 124 cm³/mol. The molecule has 156 valence electrons. The van der Waals surface area contributed by atoms with Crippen molar-refractivity contribution >= 4 is 32.6 Å². The van der Waals surface area contributed by atoms with E-state index in [1.807, 2.05) is 38.1 Å². The zero-order valence-corrected chi connectivity index (χ0v) is 18.7. The Kier molecular flexibility index (Phi) is 5.04. The first-order valence-electron chi connectivity index (χ1n) is 10.0. The molecule has 3 aromatic carbocycles. The molecule has 0 unspecified atom stereocenters. The third kappa shape index (κ3) is 3.73. The lowest BCUT2D eigenvalue weighted by Crippen LogP contribution is -2.30. The maximum absolute atomic E-state index is 13.2. The van der Waals surface area contributed by atoms with Crippen LogP contribution in [-0.2, 0) is 10.0 Å². The highest BCUT2D eigenvalue weighted by Gasteiger charge is 2.38. The molecular weight excluding hydrogens is 426 g/mol. The molecule has 5 nitrogen and oxygen atoms in total. The third-order valence-electron chi connectivity index (χ3n) is 5.44. The van der Waals surface area contributed by atoms with Crippen molar-refractivity contribution in [3.05, 3.63) is 95.3 Å². The Morgan fingerprint density at radius 2 is 1.48 bits per heavy atom. The first-order chi connectivity index (χ1) is 14.9. The van der Waals surface area contributed by atoms with Crippen LogP contribution < -0.4 is 4.72 Å². The Hall–Kier alpha value is -2.74. The molecule has 0 bridgehead atoms. The number of aryl methyl sites for hydroxylation is 2. The van der Waals surface area contributed by atoms with E-state index in [1.54, 1.807) is 30.3 Å². The highest BCUT2D eigenvalue weighted by molar-refractivity contribution is 7.99. The molecule has 4 aromatic rings. The Labute approximate surface area is 186 Å². The number of thioether (sulfide) groups is 1. The van der Waals surface area contributed by atoms with Crippen molar-refractivity contribution in [2.24, 2.45) is 0 Å². The molecule has 0 saturated heterocycles. The SMILES string of the molecule is Cc1cc(C)nc(S[C@@H]2c3cccc4cccc(c34)[C@H]2NS(=O)(=O)c2ccccc2)n1. The Balaban J connectivity index is 1.61. The Bertz CT molecular complexity index is 1360. The van der Waals surface area contributed by atoms with E-state index >= 15 is 0 Å². The van der Waals surface area contributed by atoms with Gasteiger partial charge in [0.2, 0.25) is 10.0 Å². The van der Waals surface area contributed by atoms with E-state index in [2.05, 4.69) is 32.9 Å². The number of sulfonamides is 1. The van der Waals surface area contributed by atoms with Gasteiger partial charge in [0.15, 0.2) is 5.16 Å².